The van der Waals surface area contributed by atoms with E-state index in [0.717, 1.165) is 10.1 Å². The number of hydrogen-bond acceptors (Lipinski definition) is 7. The Kier molecular flexibility index (Phi) is 6.60. The van der Waals surface area contributed by atoms with Gasteiger partial charge >= 0.3 is 6.01 Å². The zero-order valence-corrected chi connectivity index (χ0v) is 20.9. The number of nitrogens with one attached hydrogen (secondary N) is 2. The van der Waals surface area contributed by atoms with Crippen LogP contribution in [0.5, 0.6) is 5.75 Å². The van der Waals surface area contributed by atoms with Crippen molar-refractivity contribution in [2.75, 3.05) is 17.7 Å². The summed E-state index contributed by atoms with van der Waals surface area (Å²) in [7, 11) is 1.57. The standard InChI is InChI=1S/C25H16Cl2N4O4S/c1-34-17-8-5-13(6-9-17)24-30-31-25(35-24)29-22(32)14-3-2-4-16(11-14)28-23(33)21-20(27)18-10-7-15(26)12-19(18)36-21/h2-12H,1H3,(H,28,33)(H,29,31,32). The largest absolute Gasteiger partial charge is 0.497 e. The lowest BCUT2D eigenvalue weighted by Crippen LogP contribution is -2.14. The first-order chi connectivity index (χ1) is 17.4. The van der Waals surface area contributed by atoms with Gasteiger partial charge in [0.05, 0.1) is 12.1 Å². The molecule has 5 rings (SSSR count). The molecule has 0 aliphatic rings. The van der Waals surface area contributed by atoms with Gasteiger partial charge in [-0.25, -0.2) is 0 Å². The molecule has 2 aromatic heterocycles. The van der Waals surface area contributed by atoms with E-state index in [4.69, 9.17) is 32.4 Å². The molecule has 5 aromatic rings. The molecule has 0 fully saturated rings. The van der Waals surface area contributed by atoms with Gasteiger partial charge in [-0.1, -0.05) is 40.4 Å². The van der Waals surface area contributed by atoms with Crippen LogP contribution in [0.15, 0.2) is 71.1 Å². The lowest BCUT2D eigenvalue weighted by atomic mass is 10.2. The highest BCUT2D eigenvalue weighted by atomic mass is 35.5. The first kappa shape index (κ1) is 23.8. The summed E-state index contributed by atoms with van der Waals surface area (Å²) in [6, 6.07) is 18.7. The molecule has 2 N–H and O–H groups in total. The third kappa shape index (κ3) is 4.90. The van der Waals surface area contributed by atoms with Crippen molar-refractivity contribution in [1.29, 1.82) is 0 Å². The molecule has 0 aliphatic carbocycles. The highest BCUT2D eigenvalue weighted by Crippen LogP contribution is 2.37. The maximum atomic E-state index is 12.9. The Balaban J connectivity index is 1.29. The van der Waals surface area contributed by atoms with Crippen LogP contribution in [0.2, 0.25) is 10.0 Å². The summed E-state index contributed by atoms with van der Waals surface area (Å²) in [5, 5.41) is 14.8. The van der Waals surface area contributed by atoms with E-state index in [1.54, 1.807) is 67.8 Å². The molecule has 0 bridgehead atoms. The quantitative estimate of drug-likeness (QED) is 0.247. The molecular weight excluding hydrogens is 523 g/mol. The number of anilines is 2. The number of benzene rings is 3. The number of carbonyl (C=O) groups is 2. The monoisotopic (exact) mass is 538 g/mol. The number of aromatic nitrogens is 2. The van der Waals surface area contributed by atoms with Crippen molar-refractivity contribution in [2.45, 2.75) is 0 Å². The summed E-state index contributed by atoms with van der Waals surface area (Å²) in [6.45, 7) is 0. The summed E-state index contributed by atoms with van der Waals surface area (Å²) in [5.41, 5.74) is 1.38. The van der Waals surface area contributed by atoms with Gasteiger partial charge in [0.1, 0.15) is 10.6 Å². The summed E-state index contributed by atoms with van der Waals surface area (Å²) in [4.78, 5) is 26.0. The normalized spacial score (nSPS) is 10.9. The average molecular weight is 539 g/mol. The van der Waals surface area contributed by atoms with Gasteiger partial charge in [0.2, 0.25) is 5.89 Å². The summed E-state index contributed by atoms with van der Waals surface area (Å²) in [6.07, 6.45) is 0. The predicted octanol–water partition coefficient (Wildman–Crippen LogP) is 6.77. The van der Waals surface area contributed by atoms with Crippen molar-refractivity contribution < 1.29 is 18.7 Å². The van der Waals surface area contributed by atoms with Crippen LogP contribution >= 0.6 is 34.5 Å². The van der Waals surface area contributed by atoms with E-state index in [1.807, 2.05) is 0 Å². The Morgan fingerprint density at radius 3 is 2.53 bits per heavy atom. The fourth-order valence-electron chi connectivity index (χ4n) is 3.40. The number of methoxy groups -OCH3 is 1. The van der Waals surface area contributed by atoms with E-state index in [2.05, 4.69) is 20.8 Å². The third-order valence-electron chi connectivity index (χ3n) is 5.16. The van der Waals surface area contributed by atoms with Crippen LogP contribution < -0.4 is 15.4 Å². The molecule has 2 heterocycles. The number of ether oxygens (including phenoxy) is 1. The third-order valence-corrected chi connectivity index (χ3v) is 7.05. The van der Waals surface area contributed by atoms with Crippen molar-refractivity contribution in [1.82, 2.24) is 10.2 Å². The van der Waals surface area contributed by atoms with Gasteiger partial charge in [-0.05, 0) is 54.6 Å². The molecule has 11 heteroatoms. The SMILES string of the molecule is COc1ccc(-c2nnc(NC(=O)c3cccc(NC(=O)c4sc5cc(Cl)ccc5c4Cl)c3)o2)cc1. The molecule has 0 spiro atoms. The zero-order chi connectivity index (χ0) is 25.2. The second kappa shape index (κ2) is 9.98. The van der Waals surface area contributed by atoms with Gasteiger partial charge in [-0.15, -0.1) is 16.4 Å². The van der Waals surface area contributed by atoms with Crippen LogP contribution in [0, 0.1) is 0 Å². The Labute approximate surface area is 218 Å². The second-order valence-corrected chi connectivity index (χ2v) is 9.38. The summed E-state index contributed by atoms with van der Waals surface area (Å²) >= 11 is 13.7. The maximum Gasteiger partial charge on any atom is 0.322 e. The smallest absolute Gasteiger partial charge is 0.322 e. The highest BCUT2D eigenvalue weighted by molar-refractivity contribution is 7.21. The van der Waals surface area contributed by atoms with E-state index in [9.17, 15) is 9.59 Å². The van der Waals surface area contributed by atoms with Gasteiger partial charge in [-0.2, -0.15) is 0 Å². The Bertz CT molecular complexity index is 1600. The number of rotatable bonds is 6. The fraction of sp³-hybridized carbons (Fsp3) is 0.0400. The van der Waals surface area contributed by atoms with E-state index >= 15 is 0 Å². The molecular formula is C25H16Cl2N4O4S. The number of halogens is 2. The van der Waals surface area contributed by atoms with Gasteiger partial charge in [0, 0.05) is 31.9 Å². The Morgan fingerprint density at radius 2 is 1.75 bits per heavy atom. The molecule has 0 saturated heterocycles. The summed E-state index contributed by atoms with van der Waals surface area (Å²) < 4.78 is 11.5. The fourth-order valence-corrected chi connectivity index (χ4v) is 5.09. The number of thiophene rings is 1. The molecule has 0 atom stereocenters. The Morgan fingerprint density at radius 1 is 0.944 bits per heavy atom. The molecule has 3 aromatic carbocycles. The van der Waals surface area contributed by atoms with Crippen molar-refractivity contribution in [3.05, 3.63) is 87.2 Å². The minimum absolute atomic E-state index is 0.0593. The van der Waals surface area contributed by atoms with E-state index in [0.29, 0.717) is 31.9 Å². The van der Waals surface area contributed by atoms with Crippen LogP contribution in [0.4, 0.5) is 11.7 Å². The minimum atomic E-state index is -0.481. The van der Waals surface area contributed by atoms with Crippen LogP contribution in [0.25, 0.3) is 21.5 Å². The van der Waals surface area contributed by atoms with E-state index in [1.165, 1.54) is 17.4 Å². The molecule has 36 heavy (non-hydrogen) atoms. The number of amides is 2. The van der Waals surface area contributed by atoms with Gasteiger partial charge in [0.25, 0.3) is 11.8 Å². The number of carbonyl (C=O) groups excluding carboxylic acids is 2. The average Bonchev–Trinajstić information content (AvgIpc) is 3.48. The van der Waals surface area contributed by atoms with Crippen molar-refractivity contribution in [3.63, 3.8) is 0 Å². The molecule has 180 valence electrons. The lowest BCUT2D eigenvalue weighted by molar-refractivity contribution is 0.101. The number of fused-ring (bicyclic) bond motifs is 1. The van der Waals surface area contributed by atoms with Crippen LogP contribution in [-0.4, -0.2) is 29.1 Å². The van der Waals surface area contributed by atoms with Crippen molar-refractivity contribution >= 4 is 68.1 Å². The van der Waals surface area contributed by atoms with E-state index in [-0.39, 0.29) is 17.5 Å². The maximum absolute atomic E-state index is 12.9. The highest BCUT2D eigenvalue weighted by Gasteiger charge is 2.19. The van der Waals surface area contributed by atoms with Crippen molar-refractivity contribution in [3.8, 4) is 17.2 Å². The molecule has 0 aliphatic heterocycles. The van der Waals surface area contributed by atoms with Crippen molar-refractivity contribution in [2.24, 2.45) is 0 Å². The van der Waals surface area contributed by atoms with Gasteiger partial charge in [0.15, 0.2) is 0 Å². The Hall–Kier alpha value is -3.92. The molecule has 0 radical (unpaired) electrons. The zero-order valence-electron chi connectivity index (χ0n) is 18.5. The first-order valence-electron chi connectivity index (χ1n) is 10.5. The first-order valence-corrected chi connectivity index (χ1v) is 12.1. The molecule has 2 amide bonds. The van der Waals surface area contributed by atoms with E-state index < -0.39 is 11.8 Å². The van der Waals surface area contributed by atoms with Crippen LogP contribution in [0.1, 0.15) is 20.0 Å². The van der Waals surface area contributed by atoms with Gasteiger partial charge in [-0.3, -0.25) is 14.9 Å². The van der Waals surface area contributed by atoms with Gasteiger partial charge < -0.3 is 14.5 Å². The molecule has 8 nitrogen and oxygen atoms in total. The second-order valence-electron chi connectivity index (χ2n) is 7.52. The molecule has 0 unspecified atom stereocenters. The topological polar surface area (TPSA) is 106 Å². The van der Waals surface area contributed by atoms with Crippen LogP contribution in [-0.2, 0) is 0 Å². The lowest BCUT2D eigenvalue weighted by Gasteiger charge is -2.06. The predicted molar refractivity (Wildman–Crippen MR) is 140 cm³/mol. The number of nitrogens with zero attached hydrogens (tertiary/aromatic N) is 2. The minimum Gasteiger partial charge on any atom is -0.497 e. The molecule has 0 saturated carbocycles. The number of hydrogen-bond donors (Lipinski definition) is 2. The summed E-state index contributed by atoms with van der Waals surface area (Å²) in [5.74, 6) is 0.0646. The van der Waals surface area contributed by atoms with Crippen LogP contribution in [0.3, 0.4) is 0 Å².